The third-order valence-corrected chi connectivity index (χ3v) is 6.63. The number of likely N-dealkylation sites (tertiary alicyclic amines) is 1. The van der Waals surface area contributed by atoms with Crippen molar-refractivity contribution in [1.29, 1.82) is 0 Å². The van der Waals surface area contributed by atoms with Crippen molar-refractivity contribution in [1.82, 2.24) is 9.80 Å². The van der Waals surface area contributed by atoms with Crippen LogP contribution in [0, 0.1) is 5.92 Å². The zero-order valence-corrected chi connectivity index (χ0v) is 18.7. The topological polar surface area (TPSA) is 88.2 Å². The summed E-state index contributed by atoms with van der Waals surface area (Å²) < 4.78 is 7.00. The molecule has 2 amide bonds. The third-order valence-electron chi connectivity index (χ3n) is 6.14. The third kappa shape index (κ3) is 3.52. The summed E-state index contributed by atoms with van der Waals surface area (Å²) in [5.41, 5.74) is 5.46. The van der Waals surface area contributed by atoms with Gasteiger partial charge < -0.3 is 15.4 Å². The highest BCUT2D eigenvalue weighted by atomic mass is 79.9. The summed E-state index contributed by atoms with van der Waals surface area (Å²) >= 11 is 3.50. The first kappa shape index (κ1) is 20.2. The highest BCUT2D eigenvalue weighted by molar-refractivity contribution is 9.10. The van der Waals surface area contributed by atoms with Gasteiger partial charge in [-0.3, -0.25) is 14.5 Å². The molecule has 3 aliphatic rings. The van der Waals surface area contributed by atoms with E-state index in [-0.39, 0.29) is 17.8 Å². The van der Waals surface area contributed by atoms with Gasteiger partial charge >= 0.3 is 0 Å². The van der Waals surface area contributed by atoms with Crippen LogP contribution in [-0.4, -0.2) is 52.8 Å². The molecule has 7 nitrogen and oxygen atoms in total. The quantitative estimate of drug-likeness (QED) is 0.731. The number of guanidine groups is 1. The lowest BCUT2D eigenvalue weighted by Gasteiger charge is -2.41. The molecule has 1 spiro atoms. The van der Waals surface area contributed by atoms with E-state index in [0.29, 0.717) is 24.6 Å². The van der Waals surface area contributed by atoms with Gasteiger partial charge in [-0.05, 0) is 50.8 Å². The fourth-order valence-corrected chi connectivity index (χ4v) is 5.11. The van der Waals surface area contributed by atoms with Crippen molar-refractivity contribution in [2.75, 3.05) is 19.6 Å². The van der Waals surface area contributed by atoms with E-state index in [1.807, 2.05) is 36.9 Å². The number of rotatable bonds is 2. The second-order valence-electron chi connectivity index (χ2n) is 8.87. The lowest BCUT2D eigenvalue weighted by Crippen LogP contribution is -2.51. The van der Waals surface area contributed by atoms with E-state index in [4.69, 9.17) is 15.5 Å². The molecule has 1 atom stereocenters. The number of carbonyl (C=O) groups is 2. The molecule has 1 saturated heterocycles. The maximum absolute atomic E-state index is 13.7. The number of nitrogens with two attached hydrogens (primary N) is 1. The van der Waals surface area contributed by atoms with Gasteiger partial charge in [-0.1, -0.05) is 15.9 Å². The molecule has 156 valence electrons. The summed E-state index contributed by atoms with van der Waals surface area (Å²) in [6.45, 7) is 7.52. The second kappa shape index (κ2) is 7.00. The lowest BCUT2D eigenvalue weighted by molar-refractivity contribution is -0.136. The molecular formula is C21H27BrN4O3. The van der Waals surface area contributed by atoms with Crippen molar-refractivity contribution in [2.45, 2.75) is 51.2 Å². The molecule has 29 heavy (non-hydrogen) atoms. The maximum atomic E-state index is 13.7. The average Bonchev–Trinajstić information content (AvgIpc) is 2.87. The Hall–Kier alpha value is -2.09. The van der Waals surface area contributed by atoms with Gasteiger partial charge in [0.1, 0.15) is 11.4 Å². The standard InChI is InChI=1S/C21H27BrN4O3/c1-13(27)25-8-6-14(7-9-25)11-26-18(28)21(24-19(26)23)12-20(2,3)29-17-5-4-15(22)10-16(17)21/h4-5,10,14H,6-9,11-12H2,1-3H3,(H2,23,24). The van der Waals surface area contributed by atoms with Crippen LogP contribution in [0.1, 0.15) is 45.6 Å². The zero-order valence-electron chi connectivity index (χ0n) is 17.1. The summed E-state index contributed by atoms with van der Waals surface area (Å²) in [5.74, 6) is 1.26. The number of piperidine rings is 1. The van der Waals surface area contributed by atoms with Crippen LogP contribution in [0.2, 0.25) is 0 Å². The summed E-state index contributed by atoms with van der Waals surface area (Å²) in [5, 5.41) is 0. The number of benzene rings is 1. The van der Waals surface area contributed by atoms with Crippen LogP contribution in [0.15, 0.2) is 27.7 Å². The fraction of sp³-hybridized carbons (Fsp3) is 0.571. The van der Waals surface area contributed by atoms with E-state index in [0.717, 1.165) is 36.0 Å². The first-order valence-electron chi connectivity index (χ1n) is 10.0. The van der Waals surface area contributed by atoms with E-state index >= 15 is 0 Å². The predicted octanol–water partition coefficient (Wildman–Crippen LogP) is 2.62. The van der Waals surface area contributed by atoms with Crippen molar-refractivity contribution in [3.63, 3.8) is 0 Å². The Labute approximate surface area is 179 Å². The van der Waals surface area contributed by atoms with Crippen LogP contribution >= 0.6 is 15.9 Å². The number of halogens is 1. The van der Waals surface area contributed by atoms with E-state index in [1.165, 1.54) is 0 Å². The second-order valence-corrected chi connectivity index (χ2v) is 9.79. The van der Waals surface area contributed by atoms with Crippen molar-refractivity contribution in [3.8, 4) is 5.75 Å². The van der Waals surface area contributed by atoms with Gasteiger partial charge in [-0.15, -0.1) is 0 Å². The van der Waals surface area contributed by atoms with Crippen molar-refractivity contribution >= 4 is 33.7 Å². The molecule has 0 saturated carbocycles. The number of aliphatic imine (C=N–C) groups is 1. The summed E-state index contributed by atoms with van der Waals surface area (Å²) in [4.78, 5) is 33.5. The molecule has 8 heteroatoms. The lowest BCUT2D eigenvalue weighted by atomic mass is 9.77. The Kier molecular flexibility index (Phi) is 4.88. The van der Waals surface area contributed by atoms with Crippen LogP contribution < -0.4 is 10.5 Å². The van der Waals surface area contributed by atoms with Crippen LogP contribution in [0.25, 0.3) is 0 Å². The number of amides is 2. The molecular weight excluding hydrogens is 436 g/mol. The summed E-state index contributed by atoms with van der Waals surface area (Å²) in [6.07, 6.45) is 2.16. The Morgan fingerprint density at radius 3 is 2.69 bits per heavy atom. The van der Waals surface area contributed by atoms with Gasteiger partial charge in [0, 0.05) is 43.0 Å². The number of hydrogen-bond acceptors (Lipinski definition) is 5. The minimum absolute atomic E-state index is 0.0836. The van der Waals surface area contributed by atoms with Crippen molar-refractivity contribution in [3.05, 3.63) is 28.2 Å². The molecule has 0 bridgehead atoms. The molecule has 0 aliphatic carbocycles. The first-order valence-corrected chi connectivity index (χ1v) is 10.8. The predicted molar refractivity (Wildman–Crippen MR) is 113 cm³/mol. The van der Waals surface area contributed by atoms with Crippen LogP contribution in [0.3, 0.4) is 0 Å². The van der Waals surface area contributed by atoms with Crippen LogP contribution in [0.5, 0.6) is 5.75 Å². The maximum Gasteiger partial charge on any atom is 0.262 e. The largest absolute Gasteiger partial charge is 0.487 e. The molecule has 1 aromatic carbocycles. The summed E-state index contributed by atoms with van der Waals surface area (Å²) in [6, 6.07) is 5.69. The van der Waals surface area contributed by atoms with E-state index in [9.17, 15) is 9.59 Å². The Morgan fingerprint density at radius 1 is 1.34 bits per heavy atom. The number of hydrogen-bond donors (Lipinski definition) is 1. The molecule has 2 N–H and O–H groups in total. The van der Waals surface area contributed by atoms with Gasteiger partial charge in [-0.2, -0.15) is 0 Å². The SMILES string of the molecule is CC(=O)N1CCC(CN2C(=O)C3(CC(C)(C)Oc4ccc(Br)cc43)N=C2N)CC1. The Bertz CT molecular complexity index is 892. The molecule has 3 heterocycles. The van der Waals surface area contributed by atoms with E-state index in [1.54, 1.807) is 11.8 Å². The zero-order chi connectivity index (χ0) is 21.0. The number of carbonyl (C=O) groups excluding carboxylic acids is 2. The van der Waals surface area contributed by atoms with E-state index in [2.05, 4.69) is 15.9 Å². The minimum atomic E-state index is -1.05. The van der Waals surface area contributed by atoms with Gasteiger partial charge in [0.15, 0.2) is 11.5 Å². The minimum Gasteiger partial charge on any atom is -0.487 e. The molecule has 1 unspecified atom stereocenters. The monoisotopic (exact) mass is 462 g/mol. The van der Waals surface area contributed by atoms with Crippen molar-refractivity contribution < 1.29 is 14.3 Å². The summed E-state index contributed by atoms with van der Waals surface area (Å²) in [7, 11) is 0. The van der Waals surface area contributed by atoms with Gasteiger partial charge in [0.05, 0.1) is 0 Å². The number of ether oxygens (including phenoxy) is 1. The average molecular weight is 463 g/mol. The molecule has 1 aromatic rings. The smallest absolute Gasteiger partial charge is 0.262 e. The van der Waals surface area contributed by atoms with Crippen LogP contribution in [-0.2, 0) is 15.1 Å². The molecule has 1 fully saturated rings. The molecule has 0 aromatic heterocycles. The van der Waals surface area contributed by atoms with Gasteiger partial charge in [0.25, 0.3) is 5.91 Å². The van der Waals surface area contributed by atoms with Gasteiger partial charge in [0.2, 0.25) is 5.91 Å². The molecule has 3 aliphatic heterocycles. The number of fused-ring (bicyclic) bond motifs is 2. The van der Waals surface area contributed by atoms with Crippen molar-refractivity contribution in [2.24, 2.45) is 16.6 Å². The molecule has 4 rings (SSSR count). The highest BCUT2D eigenvalue weighted by Gasteiger charge is 2.56. The Balaban J connectivity index is 1.61. The van der Waals surface area contributed by atoms with Crippen LogP contribution in [0.4, 0.5) is 0 Å². The Morgan fingerprint density at radius 2 is 2.03 bits per heavy atom. The number of nitrogens with zero attached hydrogens (tertiary/aromatic N) is 3. The normalized spacial score (nSPS) is 26.3. The first-order chi connectivity index (χ1) is 13.6. The fourth-order valence-electron chi connectivity index (χ4n) is 4.75. The van der Waals surface area contributed by atoms with E-state index < -0.39 is 11.1 Å². The molecule has 0 radical (unpaired) electrons. The van der Waals surface area contributed by atoms with Gasteiger partial charge in [-0.25, -0.2) is 4.99 Å². The highest BCUT2D eigenvalue weighted by Crippen LogP contribution is 2.49.